The molecule has 1 aliphatic rings. The van der Waals surface area contributed by atoms with Gasteiger partial charge in [-0.3, -0.25) is 9.69 Å². The predicted octanol–water partition coefficient (Wildman–Crippen LogP) is 4.08. The van der Waals surface area contributed by atoms with Crippen molar-refractivity contribution in [2.75, 3.05) is 13.1 Å². The number of aryl methyl sites for hydroxylation is 2. The van der Waals surface area contributed by atoms with Crippen molar-refractivity contribution in [1.82, 2.24) is 19.8 Å². The zero-order valence-electron chi connectivity index (χ0n) is 18.6. The number of benzene rings is 2. The van der Waals surface area contributed by atoms with E-state index in [0.29, 0.717) is 6.54 Å². The van der Waals surface area contributed by atoms with Crippen LogP contribution in [-0.4, -0.2) is 33.4 Å². The van der Waals surface area contributed by atoms with Crippen LogP contribution in [0, 0.1) is 19.8 Å². The van der Waals surface area contributed by atoms with E-state index in [1.165, 1.54) is 16.7 Å². The van der Waals surface area contributed by atoms with Crippen LogP contribution in [0.25, 0.3) is 0 Å². The minimum absolute atomic E-state index is 0.123. The first kappa shape index (κ1) is 21.3. The number of piperidine rings is 1. The maximum absolute atomic E-state index is 12.6. The van der Waals surface area contributed by atoms with Crippen molar-refractivity contribution in [1.29, 1.82) is 0 Å². The number of hydrogen-bond donors (Lipinski definition) is 1. The van der Waals surface area contributed by atoms with E-state index in [4.69, 9.17) is 0 Å². The van der Waals surface area contributed by atoms with E-state index in [1.54, 1.807) is 0 Å². The van der Waals surface area contributed by atoms with Crippen molar-refractivity contribution in [3.63, 3.8) is 0 Å². The maximum atomic E-state index is 12.6. The molecule has 2 heterocycles. The molecular formula is C26H32N4O. The van der Waals surface area contributed by atoms with Gasteiger partial charge in [-0.1, -0.05) is 54.1 Å². The summed E-state index contributed by atoms with van der Waals surface area (Å²) in [4.78, 5) is 19.4. The molecule has 1 amide bonds. The highest BCUT2D eigenvalue weighted by molar-refractivity contribution is 5.78. The van der Waals surface area contributed by atoms with Gasteiger partial charge in [0.15, 0.2) is 0 Å². The van der Waals surface area contributed by atoms with Crippen LogP contribution in [0.1, 0.15) is 40.9 Å². The quantitative estimate of drug-likeness (QED) is 0.631. The molecule has 1 aromatic heterocycles. The summed E-state index contributed by atoms with van der Waals surface area (Å²) < 4.78 is 2.13. The zero-order valence-corrected chi connectivity index (χ0v) is 18.6. The van der Waals surface area contributed by atoms with Gasteiger partial charge in [0.25, 0.3) is 0 Å². The van der Waals surface area contributed by atoms with Gasteiger partial charge in [-0.2, -0.15) is 0 Å². The number of nitrogens with zero attached hydrogens (tertiary/aromatic N) is 3. The summed E-state index contributed by atoms with van der Waals surface area (Å²) in [6.07, 6.45) is 5.68. The smallest absolute Gasteiger partial charge is 0.223 e. The molecule has 1 fully saturated rings. The van der Waals surface area contributed by atoms with Gasteiger partial charge >= 0.3 is 0 Å². The summed E-state index contributed by atoms with van der Waals surface area (Å²) in [5.74, 6) is 1.33. The van der Waals surface area contributed by atoms with Gasteiger partial charge in [0.05, 0.1) is 0 Å². The van der Waals surface area contributed by atoms with E-state index in [0.717, 1.165) is 50.4 Å². The van der Waals surface area contributed by atoms with Crippen LogP contribution in [0.3, 0.4) is 0 Å². The van der Waals surface area contributed by atoms with Crippen molar-refractivity contribution in [3.05, 3.63) is 89.0 Å². The lowest BCUT2D eigenvalue weighted by Gasteiger charge is -2.31. The zero-order chi connectivity index (χ0) is 21.6. The van der Waals surface area contributed by atoms with Crippen LogP contribution in [0.2, 0.25) is 0 Å². The van der Waals surface area contributed by atoms with E-state index >= 15 is 0 Å². The normalized spacial score (nSPS) is 15.2. The first-order valence-corrected chi connectivity index (χ1v) is 11.2. The average Bonchev–Trinajstić information content (AvgIpc) is 3.19. The monoisotopic (exact) mass is 416 g/mol. The molecule has 0 unspecified atom stereocenters. The Morgan fingerprint density at radius 1 is 0.935 bits per heavy atom. The van der Waals surface area contributed by atoms with E-state index in [-0.39, 0.29) is 11.8 Å². The van der Waals surface area contributed by atoms with Gasteiger partial charge in [0.1, 0.15) is 5.82 Å². The number of aromatic nitrogens is 2. The summed E-state index contributed by atoms with van der Waals surface area (Å²) >= 11 is 0. The van der Waals surface area contributed by atoms with Gasteiger partial charge in [-0.15, -0.1) is 0 Å². The minimum Gasteiger partial charge on any atom is -0.352 e. The highest BCUT2D eigenvalue weighted by Crippen LogP contribution is 2.20. The lowest BCUT2D eigenvalue weighted by atomic mass is 9.95. The van der Waals surface area contributed by atoms with Crippen LogP contribution in [-0.2, 0) is 24.4 Å². The molecule has 1 aliphatic heterocycles. The average molecular weight is 417 g/mol. The van der Waals surface area contributed by atoms with Gasteiger partial charge in [0, 0.05) is 37.9 Å². The van der Waals surface area contributed by atoms with E-state index in [2.05, 4.69) is 75.2 Å². The minimum atomic E-state index is 0.123. The third-order valence-electron chi connectivity index (χ3n) is 6.25. The fourth-order valence-electron chi connectivity index (χ4n) is 4.17. The number of carbonyl (C=O) groups excluding carboxylic acids is 1. The summed E-state index contributed by atoms with van der Waals surface area (Å²) in [7, 11) is 0. The third kappa shape index (κ3) is 5.82. The Bertz CT molecular complexity index is 983. The Hall–Kier alpha value is -2.92. The molecular weight excluding hydrogens is 384 g/mol. The van der Waals surface area contributed by atoms with Crippen LogP contribution >= 0.6 is 0 Å². The largest absolute Gasteiger partial charge is 0.352 e. The Kier molecular flexibility index (Phi) is 6.82. The first-order chi connectivity index (χ1) is 15.1. The molecule has 31 heavy (non-hydrogen) atoms. The van der Waals surface area contributed by atoms with Crippen LogP contribution < -0.4 is 5.32 Å². The summed E-state index contributed by atoms with van der Waals surface area (Å²) in [5, 5.41) is 3.14. The summed E-state index contributed by atoms with van der Waals surface area (Å²) in [6, 6.07) is 17.2. The molecule has 0 radical (unpaired) electrons. The highest BCUT2D eigenvalue weighted by atomic mass is 16.1. The van der Waals surface area contributed by atoms with Crippen molar-refractivity contribution in [2.24, 2.45) is 5.92 Å². The fraction of sp³-hybridized carbons (Fsp3) is 0.385. The molecule has 3 aromatic rings. The van der Waals surface area contributed by atoms with Gasteiger partial charge in [0.2, 0.25) is 5.91 Å². The van der Waals surface area contributed by atoms with E-state index in [1.807, 2.05) is 19.3 Å². The molecule has 0 aliphatic carbocycles. The maximum Gasteiger partial charge on any atom is 0.223 e. The number of rotatable bonds is 7. The molecule has 0 saturated carbocycles. The topological polar surface area (TPSA) is 50.2 Å². The van der Waals surface area contributed by atoms with E-state index < -0.39 is 0 Å². The molecule has 5 nitrogen and oxygen atoms in total. The summed E-state index contributed by atoms with van der Waals surface area (Å²) in [5.41, 5.74) is 5.01. The first-order valence-electron chi connectivity index (χ1n) is 11.2. The van der Waals surface area contributed by atoms with Gasteiger partial charge in [-0.05, 0) is 56.5 Å². The molecule has 1 saturated heterocycles. The molecule has 4 rings (SSSR count). The Morgan fingerprint density at radius 3 is 2.19 bits per heavy atom. The number of hydrogen-bond acceptors (Lipinski definition) is 3. The second kappa shape index (κ2) is 9.92. The fourth-order valence-corrected chi connectivity index (χ4v) is 4.17. The second-order valence-electron chi connectivity index (χ2n) is 8.67. The second-order valence-corrected chi connectivity index (χ2v) is 8.67. The third-order valence-corrected chi connectivity index (χ3v) is 6.25. The molecule has 5 heteroatoms. The molecule has 0 atom stereocenters. The van der Waals surface area contributed by atoms with Gasteiger partial charge in [-0.25, -0.2) is 4.98 Å². The van der Waals surface area contributed by atoms with Crippen molar-refractivity contribution in [3.8, 4) is 0 Å². The lowest BCUT2D eigenvalue weighted by Crippen LogP contribution is -2.40. The standard InChI is InChI=1S/C26H32N4O/c1-20-3-5-23(6-4-20)18-29-14-11-25(12-15-29)26(31)28-17-22-7-9-24(10-8-22)19-30-16-13-27-21(30)2/h3-10,13,16,25H,11-12,14-15,17-19H2,1-2H3,(H,28,31). The number of amides is 1. The number of imidazole rings is 1. The Labute approximate surface area is 185 Å². The van der Waals surface area contributed by atoms with Crippen LogP contribution in [0.4, 0.5) is 0 Å². The Morgan fingerprint density at radius 2 is 1.55 bits per heavy atom. The molecule has 1 N–H and O–H groups in total. The van der Waals surface area contributed by atoms with Crippen LogP contribution in [0.5, 0.6) is 0 Å². The SMILES string of the molecule is Cc1ccc(CN2CCC(C(=O)NCc3ccc(Cn4ccnc4C)cc3)CC2)cc1. The van der Waals surface area contributed by atoms with E-state index in [9.17, 15) is 4.79 Å². The number of carbonyl (C=O) groups is 1. The van der Waals surface area contributed by atoms with Crippen molar-refractivity contribution < 1.29 is 4.79 Å². The highest BCUT2D eigenvalue weighted by Gasteiger charge is 2.24. The number of likely N-dealkylation sites (tertiary alicyclic amines) is 1. The molecule has 0 spiro atoms. The summed E-state index contributed by atoms with van der Waals surface area (Å²) in [6.45, 7) is 8.47. The van der Waals surface area contributed by atoms with Crippen molar-refractivity contribution in [2.45, 2.75) is 46.3 Å². The lowest BCUT2D eigenvalue weighted by molar-refractivity contribution is -0.126. The molecule has 2 aromatic carbocycles. The van der Waals surface area contributed by atoms with Crippen molar-refractivity contribution >= 4 is 5.91 Å². The van der Waals surface area contributed by atoms with Gasteiger partial charge < -0.3 is 9.88 Å². The van der Waals surface area contributed by atoms with Crippen LogP contribution in [0.15, 0.2) is 60.9 Å². The Balaban J connectivity index is 1.20. The predicted molar refractivity (Wildman–Crippen MR) is 124 cm³/mol. The molecule has 162 valence electrons. The molecule has 0 bridgehead atoms. The number of nitrogens with one attached hydrogen (secondary N) is 1.